The van der Waals surface area contributed by atoms with Crippen LogP contribution in [-0.2, 0) is 0 Å². The normalized spacial score (nSPS) is 17.5. The smallest absolute Gasteiger partial charge is 0.0539 e. The summed E-state index contributed by atoms with van der Waals surface area (Å²) in [6.45, 7) is 4.71. The van der Waals surface area contributed by atoms with E-state index in [4.69, 9.17) is 0 Å². The summed E-state index contributed by atoms with van der Waals surface area (Å²) in [6.07, 6.45) is 8.63. The summed E-state index contributed by atoms with van der Waals surface area (Å²) in [5.41, 5.74) is 7.79. The molecule has 2 nitrogen and oxygen atoms in total. The molecule has 162 valence electrons. The maximum atomic E-state index is 2.46. The third-order valence-corrected chi connectivity index (χ3v) is 7.06. The van der Waals surface area contributed by atoms with Crippen LogP contribution < -0.4 is 4.90 Å². The van der Waals surface area contributed by atoms with Gasteiger partial charge in [0.1, 0.15) is 0 Å². The predicted molar refractivity (Wildman–Crippen MR) is 138 cm³/mol. The van der Waals surface area contributed by atoms with Gasteiger partial charge in [-0.1, -0.05) is 69.2 Å². The SMILES string of the molecule is CCCCC1C=Cc2c(c3cc(N(C)c4ccccc4)ccc3n2-c2ccccc2)C1C. The zero-order valence-electron chi connectivity index (χ0n) is 19.3. The van der Waals surface area contributed by atoms with E-state index in [1.54, 1.807) is 0 Å². The van der Waals surface area contributed by atoms with Crippen LogP contribution in [0.25, 0.3) is 22.7 Å². The van der Waals surface area contributed by atoms with Crippen LogP contribution in [-0.4, -0.2) is 11.6 Å². The molecule has 1 aliphatic rings. The average molecular weight is 421 g/mol. The zero-order chi connectivity index (χ0) is 22.1. The van der Waals surface area contributed by atoms with Gasteiger partial charge in [-0.25, -0.2) is 0 Å². The van der Waals surface area contributed by atoms with E-state index in [0.717, 1.165) is 0 Å². The number of anilines is 2. The van der Waals surface area contributed by atoms with Crippen molar-refractivity contribution in [2.24, 2.45) is 5.92 Å². The summed E-state index contributed by atoms with van der Waals surface area (Å²) < 4.78 is 2.44. The van der Waals surface area contributed by atoms with Crippen LogP contribution in [0.15, 0.2) is 84.9 Å². The van der Waals surface area contributed by atoms with Crippen LogP contribution in [0.3, 0.4) is 0 Å². The number of para-hydroxylation sites is 2. The van der Waals surface area contributed by atoms with E-state index < -0.39 is 0 Å². The first-order valence-corrected chi connectivity index (χ1v) is 11.9. The van der Waals surface area contributed by atoms with Crippen molar-refractivity contribution in [2.45, 2.75) is 39.0 Å². The number of benzene rings is 3. The summed E-state index contributed by atoms with van der Waals surface area (Å²) in [5, 5.41) is 1.38. The molecule has 0 fully saturated rings. The van der Waals surface area contributed by atoms with Gasteiger partial charge in [-0.2, -0.15) is 0 Å². The van der Waals surface area contributed by atoms with Gasteiger partial charge in [-0.15, -0.1) is 0 Å². The molecule has 0 amide bonds. The fourth-order valence-electron chi connectivity index (χ4n) is 5.21. The molecule has 0 spiro atoms. The lowest BCUT2D eigenvalue weighted by Gasteiger charge is -2.26. The molecule has 1 aliphatic carbocycles. The molecule has 1 aromatic heterocycles. The molecule has 32 heavy (non-hydrogen) atoms. The summed E-state index contributed by atoms with van der Waals surface area (Å²) in [6, 6.07) is 28.3. The van der Waals surface area contributed by atoms with Crippen LogP contribution in [0.2, 0.25) is 0 Å². The predicted octanol–water partition coefficient (Wildman–Crippen LogP) is 8.34. The van der Waals surface area contributed by atoms with Gasteiger partial charge in [-0.05, 0) is 72.4 Å². The minimum absolute atomic E-state index is 0.506. The topological polar surface area (TPSA) is 8.17 Å². The molecule has 5 rings (SSSR count). The second-order valence-electron chi connectivity index (χ2n) is 9.02. The van der Waals surface area contributed by atoms with E-state index in [2.05, 4.69) is 121 Å². The summed E-state index contributed by atoms with van der Waals surface area (Å²) in [7, 11) is 2.16. The van der Waals surface area contributed by atoms with Gasteiger partial charge in [-0.3, -0.25) is 0 Å². The highest BCUT2D eigenvalue weighted by molar-refractivity contribution is 5.94. The molecule has 2 unspecified atom stereocenters. The molecule has 3 aromatic carbocycles. The fraction of sp³-hybridized carbons (Fsp3) is 0.267. The molecular formula is C30H32N2. The lowest BCUT2D eigenvalue weighted by Crippen LogP contribution is -2.13. The highest BCUT2D eigenvalue weighted by Crippen LogP contribution is 2.44. The standard InChI is InChI=1S/C30H32N2/c1-4-5-12-23-17-19-29-30(22(23)2)27-21-26(31(3)24-13-8-6-9-14-24)18-20-28(27)32(29)25-15-10-7-11-16-25/h6-11,13-23H,4-5,12H2,1-3H3. The highest BCUT2D eigenvalue weighted by atomic mass is 15.1. The van der Waals surface area contributed by atoms with Crippen molar-refractivity contribution < 1.29 is 0 Å². The molecule has 2 atom stereocenters. The fourth-order valence-corrected chi connectivity index (χ4v) is 5.21. The highest BCUT2D eigenvalue weighted by Gasteiger charge is 2.28. The van der Waals surface area contributed by atoms with Gasteiger partial charge in [0.25, 0.3) is 0 Å². The average Bonchev–Trinajstić information content (AvgIpc) is 3.18. The van der Waals surface area contributed by atoms with Crippen LogP contribution in [0.5, 0.6) is 0 Å². The number of hydrogen-bond acceptors (Lipinski definition) is 1. The van der Waals surface area contributed by atoms with E-state index in [9.17, 15) is 0 Å². The van der Waals surface area contributed by atoms with Crippen molar-refractivity contribution in [2.75, 3.05) is 11.9 Å². The quantitative estimate of drug-likeness (QED) is 0.304. The summed E-state index contributed by atoms with van der Waals surface area (Å²) >= 11 is 0. The lowest BCUT2D eigenvalue weighted by atomic mass is 9.79. The second-order valence-corrected chi connectivity index (χ2v) is 9.02. The van der Waals surface area contributed by atoms with Crippen molar-refractivity contribution in [3.05, 3.63) is 96.2 Å². The number of unbranched alkanes of at least 4 members (excludes halogenated alkanes) is 1. The van der Waals surface area contributed by atoms with Gasteiger partial charge in [0.05, 0.1) is 11.2 Å². The van der Waals surface area contributed by atoms with Crippen LogP contribution in [0.4, 0.5) is 11.4 Å². The molecule has 0 bridgehead atoms. The molecule has 1 heterocycles. The third-order valence-electron chi connectivity index (χ3n) is 7.06. The second kappa shape index (κ2) is 8.70. The Bertz CT molecular complexity index is 1230. The molecule has 4 aromatic rings. The molecular weight excluding hydrogens is 388 g/mol. The molecule has 0 aliphatic heterocycles. The number of allylic oxidation sites excluding steroid dienone is 1. The Kier molecular flexibility index (Phi) is 5.61. The van der Waals surface area contributed by atoms with Gasteiger partial charge in [0.15, 0.2) is 0 Å². The van der Waals surface area contributed by atoms with Crippen molar-refractivity contribution in [3.8, 4) is 5.69 Å². The van der Waals surface area contributed by atoms with Crippen molar-refractivity contribution in [1.82, 2.24) is 4.57 Å². The number of fused-ring (bicyclic) bond motifs is 3. The largest absolute Gasteiger partial charge is 0.345 e. The van der Waals surface area contributed by atoms with E-state index in [1.165, 1.54) is 58.5 Å². The number of rotatable bonds is 6. The first kappa shape index (κ1) is 20.6. The third kappa shape index (κ3) is 3.54. The Hall–Kier alpha value is -3.26. The number of aromatic nitrogens is 1. The minimum Gasteiger partial charge on any atom is -0.345 e. The van der Waals surface area contributed by atoms with Gasteiger partial charge >= 0.3 is 0 Å². The molecule has 0 saturated heterocycles. The maximum absolute atomic E-state index is 2.46. The molecule has 0 N–H and O–H groups in total. The van der Waals surface area contributed by atoms with E-state index in [0.29, 0.717) is 11.8 Å². The Morgan fingerprint density at radius 1 is 0.875 bits per heavy atom. The Balaban J connectivity index is 1.69. The first-order valence-electron chi connectivity index (χ1n) is 11.9. The van der Waals surface area contributed by atoms with Crippen molar-refractivity contribution >= 4 is 28.4 Å². The van der Waals surface area contributed by atoms with Crippen molar-refractivity contribution in [1.29, 1.82) is 0 Å². The van der Waals surface area contributed by atoms with E-state index in [-0.39, 0.29) is 0 Å². The molecule has 2 heteroatoms. The number of hydrogen-bond donors (Lipinski definition) is 0. The summed E-state index contributed by atoms with van der Waals surface area (Å²) in [5.74, 6) is 1.11. The lowest BCUT2D eigenvalue weighted by molar-refractivity contribution is 0.480. The minimum atomic E-state index is 0.506. The van der Waals surface area contributed by atoms with Crippen LogP contribution in [0.1, 0.15) is 50.3 Å². The summed E-state index contributed by atoms with van der Waals surface area (Å²) in [4.78, 5) is 2.28. The molecule has 0 saturated carbocycles. The van der Waals surface area contributed by atoms with Gasteiger partial charge in [0, 0.05) is 29.5 Å². The Morgan fingerprint density at radius 2 is 1.59 bits per heavy atom. The van der Waals surface area contributed by atoms with Gasteiger partial charge < -0.3 is 9.47 Å². The van der Waals surface area contributed by atoms with E-state index >= 15 is 0 Å². The Labute approximate surface area is 191 Å². The first-order chi connectivity index (χ1) is 15.7. The maximum Gasteiger partial charge on any atom is 0.0539 e. The van der Waals surface area contributed by atoms with Crippen LogP contribution in [0, 0.1) is 5.92 Å². The zero-order valence-corrected chi connectivity index (χ0v) is 19.3. The van der Waals surface area contributed by atoms with Crippen molar-refractivity contribution in [3.63, 3.8) is 0 Å². The van der Waals surface area contributed by atoms with Gasteiger partial charge in [0.2, 0.25) is 0 Å². The van der Waals surface area contributed by atoms with Crippen LogP contribution >= 0.6 is 0 Å². The monoisotopic (exact) mass is 420 g/mol. The number of nitrogens with zero attached hydrogens (tertiary/aromatic N) is 2. The Morgan fingerprint density at radius 3 is 2.31 bits per heavy atom. The molecule has 0 radical (unpaired) electrons. The van der Waals surface area contributed by atoms with E-state index in [1.807, 2.05) is 0 Å².